The third-order valence-electron chi connectivity index (χ3n) is 2.72. The number of amides is 1. The summed E-state index contributed by atoms with van der Waals surface area (Å²) in [5.41, 5.74) is 2.26. The van der Waals surface area contributed by atoms with E-state index < -0.39 is 0 Å². The Morgan fingerprint density at radius 1 is 1.39 bits per heavy atom. The van der Waals surface area contributed by atoms with E-state index in [2.05, 4.69) is 6.07 Å². The molecule has 0 radical (unpaired) electrons. The third-order valence-corrected chi connectivity index (χ3v) is 3.73. The molecule has 1 amide bonds. The van der Waals surface area contributed by atoms with Crippen LogP contribution in [0.25, 0.3) is 0 Å². The zero-order chi connectivity index (χ0) is 13.1. The molecule has 0 atom stereocenters. The van der Waals surface area contributed by atoms with Crippen LogP contribution in [0.2, 0.25) is 0 Å². The van der Waals surface area contributed by atoms with Crippen molar-refractivity contribution in [3.8, 4) is 6.07 Å². The molecule has 1 aromatic heterocycles. The molecule has 0 saturated carbocycles. The highest BCUT2D eigenvalue weighted by Crippen LogP contribution is 2.21. The number of nitrogens with zero attached hydrogens (tertiary/aromatic N) is 2. The van der Waals surface area contributed by atoms with E-state index in [1.165, 1.54) is 11.3 Å². The van der Waals surface area contributed by atoms with Gasteiger partial charge in [0.1, 0.15) is 0 Å². The molecular formula is C14H12N2OS. The molecule has 0 aliphatic rings. The highest BCUT2D eigenvalue weighted by molar-refractivity contribution is 7.12. The number of carbonyl (C=O) groups is 1. The van der Waals surface area contributed by atoms with Crippen molar-refractivity contribution in [1.29, 1.82) is 5.26 Å². The molecule has 0 saturated heterocycles. The zero-order valence-corrected chi connectivity index (χ0v) is 11.0. The second-order valence-electron chi connectivity index (χ2n) is 3.96. The predicted octanol–water partition coefficient (Wildman–Crippen LogP) is 3.20. The van der Waals surface area contributed by atoms with Gasteiger partial charge in [0.05, 0.1) is 16.5 Å². The van der Waals surface area contributed by atoms with Crippen LogP contribution in [0.5, 0.6) is 0 Å². The summed E-state index contributed by atoms with van der Waals surface area (Å²) in [6.07, 6.45) is 0. The molecule has 1 aromatic carbocycles. The molecule has 2 aromatic rings. The van der Waals surface area contributed by atoms with Crippen LogP contribution in [-0.4, -0.2) is 13.0 Å². The summed E-state index contributed by atoms with van der Waals surface area (Å²) < 4.78 is 0. The number of hydrogen-bond acceptors (Lipinski definition) is 3. The number of carbonyl (C=O) groups excluding carboxylic acids is 1. The molecule has 0 spiro atoms. The van der Waals surface area contributed by atoms with Crippen LogP contribution >= 0.6 is 11.3 Å². The second-order valence-corrected chi connectivity index (χ2v) is 4.88. The van der Waals surface area contributed by atoms with E-state index in [1.54, 1.807) is 30.1 Å². The van der Waals surface area contributed by atoms with Crippen molar-refractivity contribution in [3.63, 3.8) is 0 Å². The van der Waals surface area contributed by atoms with Crippen LogP contribution in [0, 0.1) is 18.3 Å². The standard InChI is InChI=1S/C14H12N2OS/c1-10-6-7-18-13(10)14(17)16(2)12-5-3-4-11(8-12)9-15/h3-8H,1-2H3. The first-order valence-electron chi connectivity index (χ1n) is 5.46. The Bertz CT molecular complexity index is 625. The summed E-state index contributed by atoms with van der Waals surface area (Å²) in [6.45, 7) is 1.92. The van der Waals surface area contributed by atoms with Crippen molar-refractivity contribution in [1.82, 2.24) is 0 Å². The molecule has 1 heterocycles. The van der Waals surface area contributed by atoms with Gasteiger partial charge in [-0.1, -0.05) is 6.07 Å². The Morgan fingerprint density at radius 2 is 2.17 bits per heavy atom. The maximum Gasteiger partial charge on any atom is 0.268 e. The van der Waals surface area contributed by atoms with Crippen LogP contribution < -0.4 is 4.90 Å². The molecule has 0 N–H and O–H groups in total. The molecule has 0 bridgehead atoms. The minimum absolute atomic E-state index is 0.0439. The molecule has 4 heteroatoms. The fourth-order valence-electron chi connectivity index (χ4n) is 1.65. The van der Waals surface area contributed by atoms with Crippen molar-refractivity contribution >= 4 is 22.9 Å². The Balaban J connectivity index is 2.32. The average molecular weight is 256 g/mol. The van der Waals surface area contributed by atoms with Crippen LogP contribution in [0.3, 0.4) is 0 Å². The predicted molar refractivity (Wildman–Crippen MR) is 72.9 cm³/mol. The number of thiophene rings is 1. The van der Waals surface area contributed by atoms with Crippen molar-refractivity contribution in [2.75, 3.05) is 11.9 Å². The van der Waals surface area contributed by atoms with E-state index in [0.29, 0.717) is 5.56 Å². The Morgan fingerprint density at radius 3 is 2.78 bits per heavy atom. The molecule has 2 rings (SSSR count). The van der Waals surface area contributed by atoms with Gasteiger partial charge in [0.2, 0.25) is 0 Å². The second kappa shape index (κ2) is 5.03. The van der Waals surface area contributed by atoms with E-state index in [1.807, 2.05) is 24.4 Å². The first-order valence-corrected chi connectivity index (χ1v) is 6.34. The summed E-state index contributed by atoms with van der Waals surface area (Å²) in [5, 5.41) is 10.8. The Labute approximate surface area is 110 Å². The normalized spacial score (nSPS) is 9.83. The first-order chi connectivity index (χ1) is 8.63. The highest BCUT2D eigenvalue weighted by Gasteiger charge is 2.16. The lowest BCUT2D eigenvalue weighted by atomic mass is 10.2. The van der Waals surface area contributed by atoms with Crippen molar-refractivity contribution < 1.29 is 4.79 Å². The number of hydrogen-bond donors (Lipinski definition) is 0. The van der Waals surface area contributed by atoms with E-state index in [0.717, 1.165) is 16.1 Å². The summed E-state index contributed by atoms with van der Waals surface area (Å²) >= 11 is 1.43. The Kier molecular flexibility index (Phi) is 3.45. The number of nitriles is 1. The third kappa shape index (κ3) is 2.27. The first kappa shape index (κ1) is 12.3. The molecule has 0 aliphatic heterocycles. The van der Waals surface area contributed by atoms with Gasteiger partial charge in [-0.05, 0) is 42.1 Å². The lowest BCUT2D eigenvalue weighted by molar-refractivity contribution is 0.0996. The van der Waals surface area contributed by atoms with Gasteiger partial charge >= 0.3 is 0 Å². The highest BCUT2D eigenvalue weighted by atomic mass is 32.1. The quantitative estimate of drug-likeness (QED) is 0.828. The smallest absolute Gasteiger partial charge is 0.268 e. The van der Waals surface area contributed by atoms with Gasteiger partial charge in [0, 0.05) is 12.7 Å². The van der Waals surface area contributed by atoms with Crippen LogP contribution in [-0.2, 0) is 0 Å². The lowest BCUT2D eigenvalue weighted by Crippen LogP contribution is -2.25. The van der Waals surface area contributed by atoms with Gasteiger partial charge in [-0.3, -0.25) is 4.79 Å². The Hall–Kier alpha value is -2.12. The molecular weight excluding hydrogens is 244 g/mol. The van der Waals surface area contributed by atoms with Gasteiger partial charge in [0.15, 0.2) is 0 Å². The fraction of sp³-hybridized carbons (Fsp3) is 0.143. The molecule has 0 unspecified atom stereocenters. The van der Waals surface area contributed by atoms with Crippen molar-refractivity contribution in [2.45, 2.75) is 6.92 Å². The van der Waals surface area contributed by atoms with Gasteiger partial charge in [-0.25, -0.2) is 0 Å². The van der Waals surface area contributed by atoms with E-state index in [9.17, 15) is 4.79 Å². The van der Waals surface area contributed by atoms with Gasteiger partial charge < -0.3 is 4.90 Å². The van der Waals surface area contributed by atoms with E-state index in [4.69, 9.17) is 5.26 Å². The van der Waals surface area contributed by atoms with Crippen molar-refractivity contribution in [2.24, 2.45) is 0 Å². The van der Waals surface area contributed by atoms with E-state index >= 15 is 0 Å². The summed E-state index contributed by atoms with van der Waals surface area (Å²) in [6, 6.07) is 11.0. The lowest BCUT2D eigenvalue weighted by Gasteiger charge is -2.17. The van der Waals surface area contributed by atoms with Gasteiger partial charge in [-0.2, -0.15) is 5.26 Å². The minimum atomic E-state index is -0.0439. The number of benzene rings is 1. The average Bonchev–Trinajstić information content (AvgIpc) is 2.83. The van der Waals surface area contributed by atoms with Crippen molar-refractivity contribution in [3.05, 3.63) is 51.7 Å². The minimum Gasteiger partial charge on any atom is -0.311 e. The maximum atomic E-state index is 12.3. The molecule has 0 aliphatic carbocycles. The molecule has 18 heavy (non-hydrogen) atoms. The fourth-order valence-corrected chi connectivity index (χ4v) is 2.55. The van der Waals surface area contributed by atoms with Crippen LogP contribution in [0.15, 0.2) is 35.7 Å². The summed E-state index contributed by atoms with van der Waals surface area (Å²) in [4.78, 5) is 14.6. The topological polar surface area (TPSA) is 44.1 Å². The van der Waals surface area contributed by atoms with Crippen LogP contribution in [0.4, 0.5) is 5.69 Å². The summed E-state index contributed by atoms with van der Waals surface area (Å²) in [7, 11) is 1.72. The molecule has 90 valence electrons. The number of aryl methyl sites for hydroxylation is 1. The van der Waals surface area contributed by atoms with Gasteiger partial charge in [-0.15, -0.1) is 11.3 Å². The van der Waals surface area contributed by atoms with Crippen LogP contribution in [0.1, 0.15) is 20.8 Å². The monoisotopic (exact) mass is 256 g/mol. The van der Waals surface area contributed by atoms with Gasteiger partial charge in [0.25, 0.3) is 5.91 Å². The number of anilines is 1. The molecule has 0 fully saturated rings. The number of rotatable bonds is 2. The van der Waals surface area contributed by atoms with E-state index in [-0.39, 0.29) is 5.91 Å². The summed E-state index contributed by atoms with van der Waals surface area (Å²) in [5.74, 6) is -0.0439. The maximum absolute atomic E-state index is 12.3. The largest absolute Gasteiger partial charge is 0.311 e. The zero-order valence-electron chi connectivity index (χ0n) is 10.2. The SMILES string of the molecule is Cc1ccsc1C(=O)N(C)c1cccc(C#N)c1. The molecule has 3 nitrogen and oxygen atoms in total.